The average molecular weight is 293 g/mol. The summed E-state index contributed by atoms with van der Waals surface area (Å²) in [6.45, 7) is -0.890. The predicted molar refractivity (Wildman–Crippen MR) is 75.8 cm³/mol. The Balaban J connectivity index is 1.59. The number of H-pyrrole nitrogens is 1. The molecule has 4 nitrogen and oxygen atoms in total. The van der Waals surface area contributed by atoms with Crippen LogP contribution in [0.1, 0.15) is 24.5 Å². The third-order valence-corrected chi connectivity index (χ3v) is 3.88. The van der Waals surface area contributed by atoms with E-state index in [0.717, 1.165) is 31.6 Å². The second-order valence-electron chi connectivity index (χ2n) is 5.15. The summed E-state index contributed by atoms with van der Waals surface area (Å²) in [5, 5.41) is 7.03. The fourth-order valence-corrected chi connectivity index (χ4v) is 2.78. The van der Waals surface area contributed by atoms with Crippen LogP contribution in [0.5, 0.6) is 5.75 Å². The number of hydrogen-bond donors (Lipinski definition) is 1. The summed E-state index contributed by atoms with van der Waals surface area (Å²) in [5.41, 5.74) is 2.23. The lowest BCUT2D eigenvalue weighted by molar-refractivity contribution is -0.0498. The van der Waals surface area contributed by atoms with E-state index in [4.69, 9.17) is 0 Å². The summed E-state index contributed by atoms with van der Waals surface area (Å²) < 4.78 is 28.6. The Bertz CT molecular complexity index is 549. The van der Waals surface area contributed by atoms with Crippen molar-refractivity contribution in [3.63, 3.8) is 0 Å². The highest BCUT2D eigenvalue weighted by Gasteiger charge is 2.21. The van der Waals surface area contributed by atoms with Crippen LogP contribution in [0.15, 0.2) is 36.5 Å². The number of halogens is 2. The number of aromatic nitrogens is 2. The number of nitrogens with zero attached hydrogens (tertiary/aromatic N) is 2. The molecule has 0 bridgehead atoms. The zero-order valence-electron chi connectivity index (χ0n) is 11.5. The quantitative estimate of drug-likeness (QED) is 0.939. The van der Waals surface area contributed by atoms with Gasteiger partial charge in [0.25, 0.3) is 0 Å². The maximum Gasteiger partial charge on any atom is 0.387 e. The van der Waals surface area contributed by atoms with Crippen LogP contribution in [0.3, 0.4) is 0 Å². The number of alkyl halides is 2. The van der Waals surface area contributed by atoms with Gasteiger partial charge in [-0.25, -0.2) is 0 Å². The van der Waals surface area contributed by atoms with E-state index in [-0.39, 0.29) is 5.75 Å². The number of piperidine rings is 1. The first-order valence-corrected chi connectivity index (χ1v) is 7.01. The van der Waals surface area contributed by atoms with Crippen molar-refractivity contribution in [3.05, 3.63) is 42.2 Å². The lowest BCUT2D eigenvalue weighted by atomic mass is 9.93. The molecule has 6 heteroatoms. The first-order valence-electron chi connectivity index (χ1n) is 7.01. The van der Waals surface area contributed by atoms with Crippen molar-refractivity contribution < 1.29 is 13.5 Å². The van der Waals surface area contributed by atoms with Crippen molar-refractivity contribution in [2.24, 2.45) is 0 Å². The van der Waals surface area contributed by atoms with Gasteiger partial charge in [0.1, 0.15) is 5.75 Å². The highest BCUT2D eigenvalue weighted by molar-refractivity contribution is 5.49. The number of rotatable bonds is 4. The van der Waals surface area contributed by atoms with E-state index >= 15 is 0 Å². The molecule has 2 aromatic rings. The van der Waals surface area contributed by atoms with Crippen LogP contribution in [0.25, 0.3) is 0 Å². The fraction of sp³-hybridized carbons (Fsp3) is 0.400. The Morgan fingerprint density at radius 1 is 1.14 bits per heavy atom. The van der Waals surface area contributed by atoms with Gasteiger partial charge in [0, 0.05) is 36.6 Å². The molecule has 1 aromatic carbocycles. The Hall–Kier alpha value is -2.11. The molecule has 0 radical (unpaired) electrons. The van der Waals surface area contributed by atoms with Gasteiger partial charge < -0.3 is 9.64 Å². The van der Waals surface area contributed by atoms with Gasteiger partial charge in [0.15, 0.2) is 0 Å². The number of benzene rings is 1. The number of anilines is 1. The molecule has 3 rings (SSSR count). The molecular formula is C15H17F2N3O. The van der Waals surface area contributed by atoms with E-state index in [1.165, 1.54) is 5.69 Å². The predicted octanol–water partition coefficient (Wildman–Crippen LogP) is 3.40. The van der Waals surface area contributed by atoms with E-state index in [1.807, 2.05) is 18.2 Å². The van der Waals surface area contributed by atoms with Crippen LogP contribution < -0.4 is 9.64 Å². The van der Waals surface area contributed by atoms with Gasteiger partial charge >= 0.3 is 6.61 Å². The van der Waals surface area contributed by atoms with Gasteiger partial charge in [0.05, 0.1) is 0 Å². The molecule has 0 aliphatic carbocycles. The second-order valence-corrected chi connectivity index (χ2v) is 5.15. The van der Waals surface area contributed by atoms with Gasteiger partial charge in [0.2, 0.25) is 0 Å². The third kappa shape index (κ3) is 3.32. The summed E-state index contributed by atoms with van der Waals surface area (Å²) in [4.78, 5) is 2.26. The van der Waals surface area contributed by atoms with Gasteiger partial charge in [-0.2, -0.15) is 13.9 Å². The molecule has 0 unspecified atom stereocenters. The topological polar surface area (TPSA) is 41.1 Å². The molecule has 2 heterocycles. The highest BCUT2D eigenvalue weighted by atomic mass is 19.3. The molecule has 112 valence electrons. The number of hydrogen-bond acceptors (Lipinski definition) is 3. The Morgan fingerprint density at radius 3 is 2.43 bits per heavy atom. The maximum atomic E-state index is 12.1. The smallest absolute Gasteiger partial charge is 0.387 e. The van der Waals surface area contributed by atoms with Crippen LogP contribution in [-0.2, 0) is 0 Å². The SMILES string of the molecule is FC(F)Oc1ccc(N2CCC(c3ccn[nH]3)CC2)cc1. The van der Waals surface area contributed by atoms with Gasteiger partial charge in [-0.15, -0.1) is 0 Å². The first-order chi connectivity index (χ1) is 10.2. The molecule has 1 saturated heterocycles. The van der Waals surface area contributed by atoms with Gasteiger partial charge in [-0.1, -0.05) is 0 Å². The summed E-state index contributed by atoms with van der Waals surface area (Å²) in [5.74, 6) is 0.714. The Labute approximate surface area is 121 Å². The number of aromatic amines is 1. The summed E-state index contributed by atoms with van der Waals surface area (Å²) in [6, 6.07) is 8.85. The minimum Gasteiger partial charge on any atom is -0.435 e. The molecule has 1 aliphatic rings. The minimum atomic E-state index is -2.78. The largest absolute Gasteiger partial charge is 0.435 e. The highest BCUT2D eigenvalue weighted by Crippen LogP contribution is 2.30. The van der Waals surface area contributed by atoms with Crippen LogP contribution >= 0.6 is 0 Å². The minimum absolute atomic E-state index is 0.195. The molecule has 0 atom stereocenters. The Kier molecular flexibility index (Phi) is 4.03. The lowest BCUT2D eigenvalue weighted by Crippen LogP contribution is -2.32. The van der Waals surface area contributed by atoms with Crippen molar-refractivity contribution in [2.45, 2.75) is 25.4 Å². The third-order valence-electron chi connectivity index (χ3n) is 3.88. The van der Waals surface area contributed by atoms with E-state index in [9.17, 15) is 8.78 Å². The molecule has 1 fully saturated rings. The van der Waals surface area contributed by atoms with E-state index < -0.39 is 6.61 Å². The van der Waals surface area contributed by atoms with E-state index in [2.05, 4.69) is 19.8 Å². The molecule has 0 amide bonds. The van der Waals surface area contributed by atoms with Gasteiger partial charge in [-0.05, 0) is 43.2 Å². The van der Waals surface area contributed by atoms with Crippen LogP contribution in [0, 0.1) is 0 Å². The maximum absolute atomic E-state index is 12.1. The van der Waals surface area contributed by atoms with Crippen molar-refractivity contribution in [3.8, 4) is 5.75 Å². The lowest BCUT2D eigenvalue weighted by Gasteiger charge is -2.33. The fourth-order valence-electron chi connectivity index (χ4n) is 2.78. The van der Waals surface area contributed by atoms with Crippen molar-refractivity contribution in [1.82, 2.24) is 10.2 Å². The summed E-state index contributed by atoms with van der Waals surface area (Å²) in [6.07, 6.45) is 3.89. The first kappa shape index (κ1) is 13.9. The number of ether oxygens (including phenoxy) is 1. The zero-order valence-corrected chi connectivity index (χ0v) is 11.5. The molecule has 21 heavy (non-hydrogen) atoms. The second kappa shape index (κ2) is 6.11. The Morgan fingerprint density at radius 2 is 1.86 bits per heavy atom. The van der Waals surface area contributed by atoms with E-state index in [0.29, 0.717) is 5.92 Å². The summed E-state index contributed by atoms with van der Waals surface area (Å²) in [7, 11) is 0. The average Bonchev–Trinajstić information content (AvgIpc) is 3.02. The normalized spacial score (nSPS) is 16.4. The van der Waals surface area contributed by atoms with Crippen molar-refractivity contribution in [2.75, 3.05) is 18.0 Å². The summed E-state index contributed by atoms with van der Waals surface area (Å²) >= 11 is 0. The molecule has 0 saturated carbocycles. The molecule has 0 spiro atoms. The van der Waals surface area contributed by atoms with Crippen molar-refractivity contribution in [1.29, 1.82) is 0 Å². The zero-order chi connectivity index (χ0) is 14.7. The monoisotopic (exact) mass is 293 g/mol. The van der Waals surface area contributed by atoms with Crippen LogP contribution in [0.4, 0.5) is 14.5 Å². The molecular weight excluding hydrogens is 276 g/mol. The van der Waals surface area contributed by atoms with Gasteiger partial charge in [-0.3, -0.25) is 5.10 Å². The van der Waals surface area contributed by atoms with Crippen LogP contribution in [-0.4, -0.2) is 29.9 Å². The molecule has 1 N–H and O–H groups in total. The molecule has 1 aromatic heterocycles. The van der Waals surface area contributed by atoms with Crippen LogP contribution in [0.2, 0.25) is 0 Å². The van der Waals surface area contributed by atoms with Crippen molar-refractivity contribution >= 4 is 5.69 Å². The molecule has 1 aliphatic heterocycles. The van der Waals surface area contributed by atoms with E-state index in [1.54, 1.807) is 18.3 Å². The standard InChI is InChI=1S/C15H17F2N3O/c16-15(17)21-13-3-1-12(2-4-13)20-9-6-11(7-10-20)14-5-8-18-19-14/h1-5,8,11,15H,6-7,9-10H2,(H,18,19). The number of nitrogens with one attached hydrogen (secondary N) is 1.